The molecule has 0 bridgehead atoms. The van der Waals surface area contributed by atoms with E-state index < -0.39 is 0 Å². The van der Waals surface area contributed by atoms with Crippen molar-refractivity contribution in [2.24, 2.45) is 0 Å². The molecule has 0 amide bonds. The van der Waals surface area contributed by atoms with Crippen LogP contribution in [0.15, 0.2) is 29.6 Å². The molecule has 3 rings (SSSR count). The van der Waals surface area contributed by atoms with E-state index in [0.29, 0.717) is 0 Å². The first-order valence-electron chi connectivity index (χ1n) is 6.00. The topological polar surface area (TPSA) is 59.7 Å². The monoisotopic (exact) mass is 281 g/mol. The largest absolute Gasteiger partial charge is 0.412 e. The van der Waals surface area contributed by atoms with Crippen LogP contribution in [0.1, 0.15) is 0 Å². The Morgan fingerprint density at radius 2 is 1.84 bits per heavy atom. The summed E-state index contributed by atoms with van der Waals surface area (Å²) in [6.45, 7) is 4.00. The second-order valence-electron chi connectivity index (χ2n) is 4.26. The fourth-order valence-electron chi connectivity index (χ4n) is 2.02. The standard InChI is InChI=1S/C13H14FN3S.H2O/c14-11-3-1-10(2-4-11)12-9-18-13(16-12)17-7-5-15-6-8-17;/h1-4,9,15H,5-8H2;1H2. The summed E-state index contributed by atoms with van der Waals surface area (Å²) < 4.78 is 12.9. The maximum atomic E-state index is 12.9. The van der Waals surface area contributed by atoms with Crippen molar-refractivity contribution in [3.8, 4) is 11.3 Å². The predicted octanol–water partition coefficient (Wildman–Crippen LogP) is 1.53. The number of rotatable bonds is 2. The summed E-state index contributed by atoms with van der Waals surface area (Å²) in [5.41, 5.74) is 1.89. The number of thiazole rings is 1. The molecular formula is C13H16FN3OS. The first-order chi connectivity index (χ1) is 8.83. The molecule has 2 aromatic rings. The lowest BCUT2D eigenvalue weighted by atomic mass is 10.2. The number of halogens is 1. The Balaban J connectivity index is 0.00000133. The van der Waals surface area contributed by atoms with Gasteiger partial charge in [-0.1, -0.05) is 0 Å². The molecule has 0 unspecified atom stereocenters. The summed E-state index contributed by atoms with van der Waals surface area (Å²) in [6, 6.07) is 6.48. The molecule has 102 valence electrons. The van der Waals surface area contributed by atoms with Crippen molar-refractivity contribution in [2.75, 3.05) is 31.1 Å². The highest BCUT2D eigenvalue weighted by Gasteiger charge is 2.14. The Labute approximate surface area is 115 Å². The van der Waals surface area contributed by atoms with Crippen LogP contribution >= 0.6 is 11.3 Å². The van der Waals surface area contributed by atoms with Gasteiger partial charge in [0.25, 0.3) is 0 Å². The minimum atomic E-state index is -0.212. The quantitative estimate of drug-likeness (QED) is 0.908. The fourth-order valence-corrected chi connectivity index (χ4v) is 2.91. The van der Waals surface area contributed by atoms with E-state index in [9.17, 15) is 4.39 Å². The molecule has 1 aromatic heterocycles. The van der Waals surface area contributed by atoms with E-state index in [1.165, 1.54) is 12.1 Å². The average molecular weight is 281 g/mol. The number of hydrogen-bond acceptors (Lipinski definition) is 4. The molecule has 19 heavy (non-hydrogen) atoms. The minimum Gasteiger partial charge on any atom is -0.412 e. The maximum absolute atomic E-state index is 12.9. The number of benzene rings is 1. The number of hydrogen-bond donors (Lipinski definition) is 1. The van der Waals surface area contributed by atoms with Gasteiger partial charge < -0.3 is 15.7 Å². The summed E-state index contributed by atoms with van der Waals surface area (Å²) in [5.74, 6) is -0.212. The van der Waals surface area contributed by atoms with Crippen LogP contribution in [0.3, 0.4) is 0 Å². The lowest BCUT2D eigenvalue weighted by Gasteiger charge is -2.26. The van der Waals surface area contributed by atoms with Crippen LogP contribution in [0.4, 0.5) is 9.52 Å². The number of nitrogens with one attached hydrogen (secondary N) is 1. The Kier molecular flexibility index (Phi) is 4.47. The van der Waals surface area contributed by atoms with Gasteiger partial charge in [-0.3, -0.25) is 0 Å². The van der Waals surface area contributed by atoms with Gasteiger partial charge in [-0.2, -0.15) is 0 Å². The van der Waals surface area contributed by atoms with E-state index in [2.05, 4.69) is 15.2 Å². The molecule has 0 radical (unpaired) electrons. The van der Waals surface area contributed by atoms with E-state index in [4.69, 9.17) is 0 Å². The van der Waals surface area contributed by atoms with Gasteiger partial charge in [-0.15, -0.1) is 11.3 Å². The fraction of sp³-hybridized carbons (Fsp3) is 0.308. The van der Waals surface area contributed by atoms with Crippen molar-refractivity contribution >= 4 is 16.5 Å². The van der Waals surface area contributed by atoms with Gasteiger partial charge in [0.15, 0.2) is 5.13 Å². The Morgan fingerprint density at radius 3 is 2.53 bits per heavy atom. The van der Waals surface area contributed by atoms with Crippen LogP contribution < -0.4 is 10.2 Å². The summed E-state index contributed by atoms with van der Waals surface area (Å²) in [7, 11) is 0. The molecule has 4 nitrogen and oxygen atoms in total. The number of nitrogens with zero attached hydrogens (tertiary/aromatic N) is 2. The number of aromatic nitrogens is 1. The van der Waals surface area contributed by atoms with Crippen molar-refractivity contribution in [2.45, 2.75) is 0 Å². The van der Waals surface area contributed by atoms with Gasteiger partial charge in [0.2, 0.25) is 0 Å². The number of anilines is 1. The Bertz CT molecular complexity index is 523. The van der Waals surface area contributed by atoms with Gasteiger partial charge in [-0.05, 0) is 24.3 Å². The molecule has 1 saturated heterocycles. The second kappa shape index (κ2) is 6.10. The zero-order valence-electron chi connectivity index (χ0n) is 10.4. The third kappa shape index (κ3) is 3.09. The summed E-state index contributed by atoms with van der Waals surface area (Å²) in [5, 5.41) is 6.41. The second-order valence-corrected chi connectivity index (χ2v) is 5.10. The van der Waals surface area contributed by atoms with Crippen LogP contribution in [0.25, 0.3) is 11.3 Å². The van der Waals surface area contributed by atoms with Crippen LogP contribution in [-0.2, 0) is 0 Å². The molecule has 2 heterocycles. The SMILES string of the molecule is Fc1ccc(-c2csc(N3CCNCC3)n2)cc1.O. The van der Waals surface area contributed by atoms with Gasteiger partial charge >= 0.3 is 0 Å². The third-order valence-corrected chi connectivity index (χ3v) is 3.92. The van der Waals surface area contributed by atoms with E-state index >= 15 is 0 Å². The molecule has 0 atom stereocenters. The average Bonchev–Trinajstić information content (AvgIpc) is 2.90. The van der Waals surface area contributed by atoms with E-state index in [1.54, 1.807) is 23.5 Å². The van der Waals surface area contributed by atoms with Crippen molar-refractivity contribution in [1.29, 1.82) is 0 Å². The van der Waals surface area contributed by atoms with Gasteiger partial charge in [-0.25, -0.2) is 9.37 Å². The van der Waals surface area contributed by atoms with E-state index in [-0.39, 0.29) is 11.3 Å². The summed E-state index contributed by atoms with van der Waals surface area (Å²) in [6.07, 6.45) is 0. The Morgan fingerprint density at radius 1 is 1.16 bits per heavy atom. The van der Waals surface area contributed by atoms with Crippen molar-refractivity contribution in [3.05, 3.63) is 35.5 Å². The normalized spacial score (nSPS) is 15.1. The van der Waals surface area contributed by atoms with Crippen LogP contribution in [0.5, 0.6) is 0 Å². The third-order valence-electron chi connectivity index (χ3n) is 3.02. The van der Waals surface area contributed by atoms with Crippen molar-refractivity contribution in [1.82, 2.24) is 10.3 Å². The molecule has 0 aliphatic carbocycles. The predicted molar refractivity (Wildman–Crippen MR) is 76.2 cm³/mol. The van der Waals surface area contributed by atoms with Crippen molar-refractivity contribution in [3.63, 3.8) is 0 Å². The Hall–Kier alpha value is -1.50. The molecule has 0 spiro atoms. The molecule has 1 fully saturated rings. The van der Waals surface area contributed by atoms with Gasteiger partial charge in [0.05, 0.1) is 5.69 Å². The number of piperazine rings is 1. The first kappa shape index (κ1) is 13.9. The molecule has 6 heteroatoms. The minimum absolute atomic E-state index is 0. The first-order valence-corrected chi connectivity index (χ1v) is 6.88. The lowest BCUT2D eigenvalue weighted by Crippen LogP contribution is -2.43. The van der Waals surface area contributed by atoms with Crippen molar-refractivity contribution < 1.29 is 9.87 Å². The smallest absolute Gasteiger partial charge is 0.185 e. The maximum Gasteiger partial charge on any atom is 0.185 e. The molecular weight excluding hydrogens is 265 g/mol. The van der Waals surface area contributed by atoms with E-state index in [1.807, 2.05) is 5.38 Å². The van der Waals surface area contributed by atoms with Gasteiger partial charge in [0.1, 0.15) is 5.82 Å². The van der Waals surface area contributed by atoms with Crippen LogP contribution in [-0.4, -0.2) is 36.6 Å². The van der Waals surface area contributed by atoms with Gasteiger partial charge in [0, 0.05) is 37.1 Å². The summed E-state index contributed by atoms with van der Waals surface area (Å²) >= 11 is 1.65. The lowest BCUT2D eigenvalue weighted by molar-refractivity contribution is 0.588. The summed E-state index contributed by atoms with van der Waals surface area (Å²) in [4.78, 5) is 6.91. The highest BCUT2D eigenvalue weighted by atomic mass is 32.1. The molecule has 1 aliphatic heterocycles. The molecule has 3 N–H and O–H groups in total. The highest BCUT2D eigenvalue weighted by Crippen LogP contribution is 2.27. The molecule has 1 aliphatic rings. The zero-order chi connectivity index (χ0) is 12.4. The van der Waals surface area contributed by atoms with Crippen LogP contribution in [0.2, 0.25) is 0 Å². The molecule has 1 aromatic carbocycles. The zero-order valence-corrected chi connectivity index (χ0v) is 11.2. The van der Waals surface area contributed by atoms with Crippen LogP contribution in [0, 0.1) is 5.82 Å². The highest BCUT2D eigenvalue weighted by molar-refractivity contribution is 7.14. The molecule has 0 saturated carbocycles. The van der Waals surface area contributed by atoms with E-state index in [0.717, 1.165) is 42.6 Å².